The van der Waals surface area contributed by atoms with Gasteiger partial charge in [0.2, 0.25) is 0 Å². The Morgan fingerprint density at radius 1 is 0.578 bits per heavy atom. The fourth-order valence-electron chi connectivity index (χ4n) is 4.75. The number of hydrogen-bond donors (Lipinski definition) is 1. The van der Waals surface area contributed by atoms with Crippen LogP contribution < -0.4 is 0 Å². The molecule has 222 valence electrons. The van der Waals surface area contributed by atoms with Gasteiger partial charge in [0.05, 0.1) is 27.6 Å². The first kappa shape index (κ1) is 29.5. The Bertz CT molecular complexity index is 2150. The van der Waals surface area contributed by atoms with Gasteiger partial charge in [-0.25, -0.2) is 15.0 Å². The predicted molar refractivity (Wildman–Crippen MR) is 172 cm³/mol. The van der Waals surface area contributed by atoms with Gasteiger partial charge in [-0.3, -0.25) is 4.55 Å². The quantitative estimate of drug-likeness (QED) is 0.128. The maximum absolute atomic E-state index is 12.3. The zero-order chi connectivity index (χ0) is 31.2. The van der Waals surface area contributed by atoms with Crippen molar-refractivity contribution in [3.8, 4) is 0 Å². The lowest BCUT2D eigenvalue weighted by molar-refractivity contribution is 0.482. The van der Waals surface area contributed by atoms with Crippen molar-refractivity contribution in [2.75, 3.05) is 0 Å². The molecule has 11 heteroatoms. The summed E-state index contributed by atoms with van der Waals surface area (Å²) in [6.07, 6.45) is 0.498. The van der Waals surface area contributed by atoms with Crippen LogP contribution in [0, 0.1) is 6.92 Å². The molecule has 0 saturated heterocycles. The monoisotopic (exact) mass is 613 g/mol. The lowest BCUT2D eigenvalue weighted by atomic mass is 10.1. The second-order valence-corrected chi connectivity index (χ2v) is 11.7. The van der Waals surface area contributed by atoms with Gasteiger partial charge in [0, 0.05) is 12.8 Å². The highest BCUT2D eigenvalue weighted by Crippen LogP contribution is 2.27. The lowest BCUT2D eigenvalue weighted by Gasteiger charge is -2.09. The van der Waals surface area contributed by atoms with Crippen LogP contribution in [0.15, 0.2) is 141 Å². The van der Waals surface area contributed by atoms with Crippen molar-refractivity contribution in [1.82, 2.24) is 15.0 Å². The maximum atomic E-state index is 12.3. The minimum absolute atomic E-state index is 0.0652. The van der Waals surface area contributed by atoms with E-state index in [4.69, 9.17) is 0 Å². The van der Waals surface area contributed by atoms with Crippen LogP contribution in [0.5, 0.6) is 0 Å². The van der Waals surface area contributed by atoms with Crippen LogP contribution in [0.4, 0.5) is 22.7 Å². The highest BCUT2D eigenvalue weighted by molar-refractivity contribution is 7.85. The predicted octanol–water partition coefficient (Wildman–Crippen LogP) is 8.59. The molecule has 1 heterocycles. The van der Waals surface area contributed by atoms with Gasteiger partial charge in [0.15, 0.2) is 0 Å². The molecule has 0 aliphatic carbocycles. The van der Waals surface area contributed by atoms with Crippen LogP contribution in [0.25, 0.3) is 10.8 Å². The molecule has 0 unspecified atom stereocenters. The molecule has 1 aromatic heterocycles. The molecule has 0 aliphatic heterocycles. The van der Waals surface area contributed by atoms with E-state index in [-0.39, 0.29) is 17.0 Å². The zero-order valence-corrected chi connectivity index (χ0v) is 25.0. The molecule has 10 nitrogen and oxygen atoms in total. The second-order valence-electron chi connectivity index (χ2n) is 10.3. The van der Waals surface area contributed by atoms with E-state index in [1.807, 2.05) is 78.9 Å². The number of hydrogen-bond acceptors (Lipinski definition) is 9. The normalized spacial score (nSPS) is 12.0. The lowest BCUT2D eigenvalue weighted by Crippen LogP contribution is -2.09. The van der Waals surface area contributed by atoms with E-state index in [1.54, 1.807) is 31.2 Å². The summed E-state index contributed by atoms with van der Waals surface area (Å²) >= 11 is 0. The standard InChI is InChI=1S/C34H27N7O3S/c1-23-35-33(19-24-11-15-29(16-12-24)39-40-30-17-13-25-7-5-6-8-26(25)20-30)37-34(36-23)21-27-14-18-31(22-32(27)45(42,43)44)41-38-28-9-3-2-4-10-28/h2-18,20,22H,19,21H2,1H3,(H,42,43,44). The van der Waals surface area contributed by atoms with Gasteiger partial charge in [-0.05, 0) is 77.4 Å². The average Bonchev–Trinajstić information content (AvgIpc) is 3.03. The Hall–Kier alpha value is -5.52. The van der Waals surface area contributed by atoms with Crippen molar-refractivity contribution in [3.63, 3.8) is 0 Å². The van der Waals surface area contributed by atoms with E-state index in [2.05, 4.69) is 41.5 Å². The molecule has 0 atom stereocenters. The summed E-state index contributed by atoms with van der Waals surface area (Å²) in [5, 5.41) is 19.2. The van der Waals surface area contributed by atoms with Crippen molar-refractivity contribution in [2.24, 2.45) is 20.5 Å². The third-order valence-corrected chi connectivity index (χ3v) is 7.80. The molecule has 1 N–H and O–H groups in total. The number of aryl methyl sites for hydroxylation is 1. The number of aromatic nitrogens is 3. The molecule has 5 aromatic carbocycles. The van der Waals surface area contributed by atoms with Crippen LogP contribution in [0.1, 0.15) is 28.6 Å². The number of azo groups is 2. The molecule has 6 rings (SSSR count). The van der Waals surface area contributed by atoms with Crippen molar-refractivity contribution in [3.05, 3.63) is 144 Å². The van der Waals surface area contributed by atoms with Gasteiger partial charge >= 0.3 is 0 Å². The fraction of sp³-hybridized carbons (Fsp3) is 0.0882. The Morgan fingerprint density at radius 2 is 1.13 bits per heavy atom. The third kappa shape index (κ3) is 7.71. The van der Waals surface area contributed by atoms with Crippen molar-refractivity contribution >= 4 is 43.6 Å². The third-order valence-electron chi connectivity index (χ3n) is 6.87. The molecular weight excluding hydrogens is 586 g/mol. The fourth-order valence-corrected chi connectivity index (χ4v) is 5.49. The highest BCUT2D eigenvalue weighted by Gasteiger charge is 2.18. The Kier molecular flexibility index (Phi) is 8.54. The number of rotatable bonds is 9. The molecule has 45 heavy (non-hydrogen) atoms. The largest absolute Gasteiger partial charge is 0.294 e. The van der Waals surface area contributed by atoms with Crippen molar-refractivity contribution in [2.45, 2.75) is 24.7 Å². The summed E-state index contributed by atoms with van der Waals surface area (Å²) in [4.78, 5) is 13.2. The first-order chi connectivity index (χ1) is 21.8. The number of fused-ring (bicyclic) bond motifs is 1. The molecular formula is C34H27N7O3S. The summed E-state index contributed by atoms with van der Waals surface area (Å²) in [6.45, 7) is 1.75. The van der Waals surface area contributed by atoms with E-state index >= 15 is 0 Å². The molecule has 0 bridgehead atoms. The Morgan fingerprint density at radius 3 is 1.84 bits per heavy atom. The number of benzene rings is 5. The first-order valence-corrected chi connectivity index (χ1v) is 15.5. The van der Waals surface area contributed by atoms with E-state index in [1.165, 1.54) is 6.07 Å². The molecule has 0 radical (unpaired) electrons. The summed E-state index contributed by atoms with van der Waals surface area (Å²) < 4.78 is 34.5. The Labute approximate surface area is 260 Å². The van der Waals surface area contributed by atoms with E-state index < -0.39 is 10.1 Å². The van der Waals surface area contributed by atoms with Crippen LogP contribution in [-0.4, -0.2) is 27.9 Å². The summed E-state index contributed by atoms with van der Waals surface area (Å²) in [6, 6.07) is 35.2. The van der Waals surface area contributed by atoms with Gasteiger partial charge in [0.25, 0.3) is 10.1 Å². The van der Waals surface area contributed by atoms with Crippen LogP contribution in [0.2, 0.25) is 0 Å². The topological polar surface area (TPSA) is 142 Å². The molecule has 0 aliphatic rings. The SMILES string of the molecule is Cc1nc(Cc2ccc(N=Nc3ccc4ccccc4c3)cc2)nc(Cc2ccc(N=Nc3ccccc3)cc2S(=O)(=O)O)n1. The van der Waals surface area contributed by atoms with E-state index in [0.29, 0.717) is 40.8 Å². The van der Waals surface area contributed by atoms with E-state index in [0.717, 1.165) is 22.0 Å². The summed E-state index contributed by atoms with van der Waals surface area (Å²) in [5.74, 6) is 1.41. The molecule has 0 spiro atoms. The minimum Gasteiger partial charge on any atom is -0.282 e. The van der Waals surface area contributed by atoms with Crippen LogP contribution in [-0.2, 0) is 23.0 Å². The van der Waals surface area contributed by atoms with Gasteiger partial charge in [-0.15, -0.1) is 0 Å². The molecule has 0 amide bonds. The Balaban J connectivity index is 1.17. The van der Waals surface area contributed by atoms with Gasteiger partial charge < -0.3 is 0 Å². The summed E-state index contributed by atoms with van der Waals surface area (Å²) in [7, 11) is -4.55. The first-order valence-electron chi connectivity index (χ1n) is 14.1. The van der Waals surface area contributed by atoms with Crippen LogP contribution in [0.3, 0.4) is 0 Å². The smallest absolute Gasteiger partial charge is 0.282 e. The van der Waals surface area contributed by atoms with Gasteiger partial charge in [-0.1, -0.05) is 66.7 Å². The molecule has 0 saturated carbocycles. The highest BCUT2D eigenvalue weighted by atomic mass is 32.2. The zero-order valence-electron chi connectivity index (χ0n) is 24.2. The van der Waals surface area contributed by atoms with Gasteiger partial charge in [-0.2, -0.15) is 28.9 Å². The number of nitrogens with zero attached hydrogens (tertiary/aromatic N) is 7. The van der Waals surface area contributed by atoms with E-state index in [9.17, 15) is 13.0 Å². The maximum Gasteiger partial charge on any atom is 0.294 e. The van der Waals surface area contributed by atoms with Crippen LogP contribution >= 0.6 is 0 Å². The van der Waals surface area contributed by atoms with Crippen molar-refractivity contribution in [1.29, 1.82) is 0 Å². The average molecular weight is 614 g/mol. The molecule has 0 fully saturated rings. The van der Waals surface area contributed by atoms with Gasteiger partial charge in [0.1, 0.15) is 17.5 Å². The minimum atomic E-state index is -4.55. The summed E-state index contributed by atoms with van der Waals surface area (Å²) in [5.41, 5.74) is 3.67. The molecule has 6 aromatic rings. The van der Waals surface area contributed by atoms with Crippen molar-refractivity contribution < 1.29 is 13.0 Å². The second kappa shape index (κ2) is 13.0.